The molecule has 1 N–H and O–H groups in total. The number of nitrogens with one attached hydrogen (secondary N) is 1. The van der Waals surface area contributed by atoms with Crippen LogP contribution in [0.5, 0.6) is 0 Å². The number of hydrogen-bond acceptors (Lipinski definition) is 2. The van der Waals surface area contributed by atoms with Crippen LogP contribution in [0.15, 0.2) is 0 Å². The zero-order chi connectivity index (χ0) is 14.4. The van der Waals surface area contributed by atoms with Gasteiger partial charge in [-0.2, -0.15) is 5.10 Å². The maximum Gasteiger partial charge on any atom is 0.0672 e. The number of aryl methyl sites for hydroxylation is 1. The van der Waals surface area contributed by atoms with Crippen molar-refractivity contribution >= 4 is 0 Å². The van der Waals surface area contributed by atoms with Gasteiger partial charge in [0.2, 0.25) is 0 Å². The second kappa shape index (κ2) is 7.68. The predicted molar refractivity (Wildman–Crippen MR) is 82.5 cm³/mol. The Morgan fingerprint density at radius 2 is 1.74 bits per heavy atom. The third-order valence-electron chi connectivity index (χ3n) is 4.30. The molecule has 0 saturated heterocycles. The molecule has 0 radical (unpaired) electrons. The molecule has 0 spiro atoms. The van der Waals surface area contributed by atoms with E-state index in [0.717, 1.165) is 25.3 Å². The molecule has 0 saturated carbocycles. The van der Waals surface area contributed by atoms with Crippen LogP contribution in [-0.2, 0) is 19.4 Å². The fourth-order valence-electron chi connectivity index (χ4n) is 2.79. The van der Waals surface area contributed by atoms with Crippen LogP contribution in [0.3, 0.4) is 0 Å². The lowest BCUT2D eigenvalue weighted by Gasteiger charge is -2.16. The topological polar surface area (TPSA) is 29.9 Å². The summed E-state index contributed by atoms with van der Waals surface area (Å²) in [5.74, 6) is 0.743. The van der Waals surface area contributed by atoms with Crippen LogP contribution in [-0.4, -0.2) is 16.8 Å². The first-order valence-corrected chi connectivity index (χ1v) is 7.88. The van der Waals surface area contributed by atoms with Crippen LogP contribution < -0.4 is 5.32 Å². The molecular weight excluding hydrogens is 234 g/mol. The normalized spacial score (nSPS) is 13.2. The molecule has 1 heterocycles. The van der Waals surface area contributed by atoms with E-state index in [1.807, 2.05) is 7.05 Å². The zero-order valence-corrected chi connectivity index (χ0v) is 13.6. The summed E-state index contributed by atoms with van der Waals surface area (Å²) in [6.45, 7) is 12.3. The van der Waals surface area contributed by atoms with Gasteiger partial charge in [-0.3, -0.25) is 4.68 Å². The van der Waals surface area contributed by atoms with Crippen LogP contribution in [0.25, 0.3) is 0 Å². The molecule has 0 aliphatic heterocycles. The minimum absolute atomic E-state index is 0.389. The Balaban J connectivity index is 3.14. The Hall–Kier alpha value is -0.830. The highest BCUT2D eigenvalue weighted by Crippen LogP contribution is 2.25. The largest absolute Gasteiger partial charge is 0.313 e. The number of hydrogen-bond donors (Lipinski definition) is 1. The van der Waals surface area contributed by atoms with Gasteiger partial charge in [0, 0.05) is 23.8 Å². The van der Waals surface area contributed by atoms with E-state index in [2.05, 4.69) is 44.6 Å². The van der Waals surface area contributed by atoms with Crippen molar-refractivity contribution < 1.29 is 0 Å². The van der Waals surface area contributed by atoms with E-state index in [0.29, 0.717) is 6.04 Å². The van der Waals surface area contributed by atoms with Crippen molar-refractivity contribution in [3.8, 4) is 0 Å². The van der Waals surface area contributed by atoms with Gasteiger partial charge in [-0.15, -0.1) is 0 Å². The monoisotopic (exact) mass is 265 g/mol. The molecule has 1 rings (SSSR count). The first kappa shape index (κ1) is 16.2. The molecule has 110 valence electrons. The molecule has 0 aliphatic carbocycles. The van der Waals surface area contributed by atoms with Gasteiger partial charge in [0.15, 0.2) is 0 Å². The third kappa shape index (κ3) is 3.59. The molecule has 3 nitrogen and oxygen atoms in total. The first-order chi connectivity index (χ1) is 9.12. The molecule has 1 atom stereocenters. The minimum atomic E-state index is 0.389. The molecule has 0 fully saturated rings. The van der Waals surface area contributed by atoms with E-state index < -0.39 is 0 Å². The third-order valence-corrected chi connectivity index (χ3v) is 4.30. The molecule has 1 aromatic heterocycles. The van der Waals surface area contributed by atoms with Gasteiger partial charge in [-0.1, -0.05) is 40.5 Å². The fraction of sp³-hybridized carbons (Fsp3) is 0.812. The minimum Gasteiger partial charge on any atom is -0.313 e. The van der Waals surface area contributed by atoms with E-state index >= 15 is 0 Å². The van der Waals surface area contributed by atoms with Gasteiger partial charge < -0.3 is 5.32 Å². The Morgan fingerprint density at radius 1 is 1.11 bits per heavy atom. The van der Waals surface area contributed by atoms with E-state index in [1.54, 1.807) is 0 Å². The van der Waals surface area contributed by atoms with Gasteiger partial charge >= 0.3 is 0 Å². The number of rotatable bonds is 8. The van der Waals surface area contributed by atoms with Crippen molar-refractivity contribution in [1.82, 2.24) is 15.1 Å². The number of nitrogens with zero attached hydrogens (tertiary/aromatic N) is 2. The predicted octanol–water partition coefficient (Wildman–Crippen LogP) is 3.72. The van der Waals surface area contributed by atoms with Crippen LogP contribution in [0.4, 0.5) is 0 Å². The standard InChI is InChI=1S/C16H31N3/c1-7-13(8-2)11-19-15(10-4)16(12(5)17-6)14(9-3)18-19/h12-13,17H,7-11H2,1-6H3. The van der Waals surface area contributed by atoms with E-state index in [1.165, 1.54) is 29.8 Å². The van der Waals surface area contributed by atoms with Gasteiger partial charge in [0.05, 0.1) is 5.69 Å². The van der Waals surface area contributed by atoms with E-state index in [9.17, 15) is 0 Å². The average molecular weight is 265 g/mol. The van der Waals surface area contributed by atoms with Gasteiger partial charge in [0.1, 0.15) is 0 Å². The van der Waals surface area contributed by atoms with Gasteiger partial charge in [0.25, 0.3) is 0 Å². The van der Waals surface area contributed by atoms with E-state index in [-0.39, 0.29) is 0 Å². The molecule has 0 aromatic carbocycles. The highest BCUT2D eigenvalue weighted by molar-refractivity contribution is 5.30. The summed E-state index contributed by atoms with van der Waals surface area (Å²) in [5.41, 5.74) is 4.12. The summed E-state index contributed by atoms with van der Waals surface area (Å²) < 4.78 is 2.28. The van der Waals surface area contributed by atoms with E-state index in [4.69, 9.17) is 5.10 Å². The molecule has 19 heavy (non-hydrogen) atoms. The summed E-state index contributed by atoms with van der Waals surface area (Å²) in [7, 11) is 2.03. The van der Waals surface area contributed by atoms with Crippen molar-refractivity contribution in [2.24, 2.45) is 5.92 Å². The average Bonchev–Trinajstić information content (AvgIpc) is 2.81. The summed E-state index contributed by atoms with van der Waals surface area (Å²) in [6, 6.07) is 0.389. The number of aromatic nitrogens is 2. The summed E-state index contributed by atoms with van der Waals surface area (Å²) in [5, 5.41) is 8.25. The molecule has 0 amide bonds. The van der Waals surface area contributed by atoms with Crippen molar-refractivity contribution in [3.05, 3.63) is 17.0 Å². The summed E-state index contributed by atoms with van der Waals surface area (Å²) in [4.78, 5) is 0. The zero-order valence-electron chi connectivity index (χ0n) is 13.6. The molecular formula is C16H31N3. The lowest BCUT2D eigenvalue weighted by Crippen LogP contribution is -2.17. The molecule has 3 heteroatoms. The molecule has 0 aliphatic rings. The maximum atomic E-state index is 4.88. The Kier molecular flexibility index (Phi) is 6.56. The lowest BCUT2D eigenvalue weighted by molar-refractivity contribution is 0.387. The maximum absolute atomic E-state index is 4.88. The van der Waals surface area contributed by atoms with Crippen molar-refractivity contribution in [3.63, 3.8) is 0 Å². The Bertz CT molecular complexity index is 378. The Labute approximate surface area is 118 Å². The quantitative estimate of drug-likeness (QED) is 0.776. The molecule has 1 unspecified atom stereocenters. The van der Waals surface area contributed by atoms with Crippen molar-refractivity contribution in [2.45, 2.75) is 72.9 Å². The van der Waals surface area contributed by atoms with Crippen molar-refractivity contribution in [2.75, 3.05) is 7.05 Å². The lowest BCUT2D eigenvalue weighted by atomic mass is 10.0. The first-order valence-electron chi connectivity index (χ1n) is 7.88. The molecule has 0 bridgehead atoms. The van der Waals surface area contributed by atoms with Crippen LogP contribution in [0.2, 0.25) is 0 Å². The van der Waals surface area contributed by atoms with Gasteiger partial charge in [-0.05, 0) is 32.7 Å². The van der Waals surface area contributed by atoms with Crippen LogP contribution in [0, 0.1) is 5.92 Å². The smallest absolute Gasteiger partial charge is 0.0672 e. The Morgan fingerprint density at radius 3 is 2.16 bits per heavy atom. The molecule has 1 aromatic rings. The van der Waals surface area contributed by atoms with Crippen molar-refractivity contribution in [1.29, 1.82) is 0 Å². The summed E-state index contributed by atoms with van der Waals surface area (Å²) in [6.07, 6.45) is 4.55. The second-order valence-electron chi connectivity index (χ2n) is 5.39. The highest BCUT2D eigenvalue weighted by Gasteiger charge is 2.20. The SMILES string of the molecule is CCc1nn(CC(CC)CC)c(CC)c1C(C)NC. The van der Waals surface area contributed by atoms with Crippen LogP contribution in [0.1, 0.15) is 70.5 Å². The highest BCUT2D eigenvalue weighted by atomic mass is 15.3. The van der Waals surface area contributed by atoms with Crippen LogP contribution >= 0.6 is 0 Å². The summed E-state index contributed by atoms with van der Waals surface area (Å²) >= 11 is 0. The van der Waals surface area contributed by atoms with Gasteiger partial charge in [-0.25, -0.2) is 0 Å². The second-order valence-corrected chi connectivity index (χ2v) is 5.39. The fourth-order valence-corrected chi connectivity index (χ4v) is 2.79.